The number of aromatic hydroxyl groups is 1. The van der Waals surface area contributed by atoms with Crippen LogP contribution >= 0.6 is 11.6 Å². The number of unbranched alkanes of at least 4 members (excludes halogenated alkanes) is 3. The van der Waals surface area contributed by atoms with Crippen LogP contribution in [0, 0.1) is 0 Å². The number of nitrogens with one attached hydrogen (secondary N) is 1. The predicted octanol–water partition coefficient (Wildman–Crippen LogP) is 2.93. The number of phenols is 1. The number of alkyl halides is 1. The van der Waals surface area contributed by atoms with E-state index in [-0.39, 0.29) is 11.7 Å². The molecule has 1 amide bonds. The molecule has 19 heavy (non-hydrogen) atoms. The first-order chi connectivity index (χ1) is 9.19. The Morgan fingerprint density at radius 3 is 2.68 bits per heavy atom. The second-order valence-electron chi connectivity index (χ2n) is 4.25. The van der Waals surface area contributed by atoms with Gasteiger partial charge in [-0.25, -0.2) is 0 Å². The van der Waals surface area contributed by atoms with Gasteiger partial charge in [0.25, 0.3) is 5.91 Å². The molecule has 0 aromatic heterocycles. The second kappa shape index (κ2) is 8.64. The van der Waals surface area contributed by atoms with E-state index in [0.717, 1.165) is 25.7 Å². The topological polar surface area (TPSA) is 58.6 Å². The molecule has 106 valence electrons. The summed E-state index contributed by atoms with van der Waals surface area (Å²) < 4.78 is 4.92. The molecular formula is C14H20ClNO3. The predicted molar refractivity (Wildman–Crippen MR) is 76.2 cm³/mol. The van der Waals surface area contributed by atoms with Gasteiger partial charge in [0.1, 0.15) is 0 Å². The van der Waals surface area contributed by atoms with Gasteiger partial charge < -0.3 is 15.2 Å². The van der Waals surface area contributed by atoms with E-state index < -0.39 is 0 Å². The molecule has 2 N–H and O–H groups in total. The van der Waals surface area contributed by atoms with Crippen LogP contribution in [0.3, 0.4) is 0 Å². The van der Waals surface area contributed by atoms with Gasteiger partial charge in [-0.05, 0) is 31.0 Å². The maximum Gasteiger partial charge on any atom is 0.251 e. The van der Waals surface area contributed by atoms with Crippen LogP contribution in [-0.2, 0) is 0 Å². The fraction of sp³-hybridized carbons (Fsp3) is 0.500. The van der Waals surface area contributed by atoms with Crippen molar-refractivity contribution in [3.8, 4) is 11.5 Å². The minimum absolute atomic E-state index is 0.0303. The molecule has 0 atom stereocenters. The van der Waals surface area contributed by atoms with Crippen molar-refractivity contribution in [2.75, 3.05) is 19.5 Å². The summed E-state index contributed by atoms with van der Waals surface area (Å²) >= 11 is 5.58. The highest BCUT2D eigenvalue weighted by Crippen LogP contribution is 2.26. The molecule has 1 aromatic carbocycles. The minimum atomic E-state index is -0.185. The van der Waals surface area contributed by atoms with Crippen LogP contribution in [0.15, 0.2) is 18.2 Å². The molecular weight excluding hydrogens is 266 g/mol. The van der Waals surface area contributed by atoms with Crippen LogP contribution in [0.2, 0.25) is 0 Å². The maximum absolute atomic E-state index is 11.8. The van der Waals surface area contributed by atoms with E-state index in [9.17, 15) is 9.90 Å². The molecule has 0 aliphatic heterocycles. The van der Waals surface area contributed by atoms with Crippen molar-refractivity contribution in [1.82, 2.24) is 5.32 Å². The summed E-state index contributed by atoms with van der Waals surface area (Å²) in [6.45, 7) is 0.633. The highest BCUT2D eigenvalue weighted by Gasteiger charge is 2.08. The Kier molecular flexibility index (Phi) is 7.11. The van der Waals surface area contributed by atoms with E-state index in [1.54, 1.807) is 12.1 Å². The lowest BCUT2D eigenvalue weighted by molar-refractivity contribution is 0.0952. The van der Waals surface area contributed by atoms with Crippen molar-refractivity contribution in [1.29, 1.82) is 0 Å². The Bertz CT molecular complexity index is 410. The number of hydrogen-bond donors (Lipinski definition) is 2. The first-order valence-electron chi connectivity index (χ1n) is 6.40. The quantitative estimate of drug-likeness (QED) is 0.570. The number of ether oxygens (including phenoxy) is 1. The molecule has 0 unspecified atom stereocenters. The summed E-state index contributed by atoms with van der Waals surface area (Å²) in [5.74, 6) is 0.836. The molecule has 0 radical (unpaired) electrons. The van der Waals surface area contributed by atoms with Gasteiger partial charge in [0, 0.05) is 18.0 Å². The van der Waals surface area contributed by atoms with Gasteiger partial charge in [0.15, 0.2) is 11.5 Å². The standard InChI is InChI=1S/C14H20ClNO3/c1-19-13-7-6-11(10-12(13)17)14(18)16-9-5-3-2-4-8-15/h6-7,10,17H,2-5,8-9H2,1H3,(H,16,18). The van der Waals surface area contributed by atoms with Crippen LogP contribution in [0.4, 0.5) is 0 Å². The lowest BCUT2D eigenvalue weighted by Gasteiger charge is -2.07. The number of rotatable bonds is 8. The highest BCUT2D eigenvalue weighted by molar-refractivity contribution is 6.17. The first-order valence-corrected chi connectivity index (χ1v) is 6.93. The largest absolute Gasteiger partial charge is 0.504 e. The molecule has 1 rings (SSSR count). The Morgan fingerprint density at radius 2 is 2.05 bits per heavy atom. The van der Waals surface area contributed by atoms with E-state index >= 15 is 0 Å². The zero-order chi connectivity index (χ0) is 14.1. The third-order valence-electron chi connectivity index (χ3n) is 2.79. The van der Waals surface area contributed by atoms with E-state index in [1.807, 2.05) is 0 Å². The molecule has 0 saturated heterocycles. The fourth-order valence-corrected chi connectivity index (χ4v) is 1.90. The Hall–Kier alpha value is -1.42. The van der Waals surface area contributed by atoms with E-state index in [4.69, 9.17) is 16.3 Å². The molecule has 0 aliphatic rings. The summed E-state index contributed by atoms with van der Waals surface area (Å²) in [5, 5.41) is 12.4. The Balaban J connectivity index is 2.35. The highest BCUT2D eigenvalue weighted by atomic mass is 35.5. The van der Waals surface area contributed by atoms with E-state index in [0.29, 0.717) is 23.7 Å². The minimum Gasteiger partial charge on any atom is -0.504 e. The lowest BCUT2D eigenvalue weighted by atomic mass is 10.1. The zero-order valence-electron chi connectivity index (χ0n) is 11.1. The van der Waals surface area contributed by atoms with Gasteiger partial charge in [-0.15, -0.1) is 11.6 Å². The SMILES string of the molecule is COc1ccc(C(=O)NCCCCCCCl)cc1O. The number of benzene rings is 1. The molecule has 4 nitrogen and oxygen atoms in total. The third kappa shape index (κ3) is 5.39. The van der Waals surface area contributed by atoms with Gasteiger partial charge in [-0.3, -0.25) is 4.79 Å². The van der Waals surface area contributed by atoms with Gasteiger partial charge in [0.2, 0.25) is 0 Å². The average Bonchev–Trinajstić information content (AvgIpc) is 2.42. The van der Waals surface area contributed by atoms with Crippen molar-refractivity contribution >= 4 is 17.5 Å². The van der Waals surface area contributed by atoms with E-state index in [1.165, 1.54) is 13.2 Å². The van der Waals surface area contributed by atoms with Crippen LogP contribution in [0.25, 0.3) is 0 Å². The number of hydrogen-bond acceptors (Lipinski definition) is 3. The van der Waals surface area contributed by atoms with Gasteiger partial charge in [0.05, 0.1) is 7.11 Å². The monoisotopic (exact) mass is 285 g/mol. The molecule has 0 heterocycles. The van der Waals surface area contributed by atoms with Crippen LogP contribution in [0.5, 0.6) is 11.5 Å². The molecule has 0 spiro atoms. The average molecular weight is 286 g/mol. The van der Waals surface area contributed by atoms with Crippen molar-refractivity contribution in [3.05, 3.63) is 23.8 Å². The molecule has 5 heteroatoms. The summed E-state index contributed by atoms with van der Waals surface area (Å²) in [5.41, 5.74) is 0.430. The number of halogens is 1. The van der Waals surface area contributed by atoms with Gasteiger partial charge in [-0.2, -0.15) is 0 Å². The van der Waals surface area contributed by atoms with Crippen molar-refractivity contribution < 1.29 is 14.6 Å². The summed E-state index contributed by atoms with van der Waals surface area (Å²) in [7, 11) is 1.47. The summed E-state index contributed by atoms with van der Waals surface area (Å²) in [6, 6.07) is 4.60. The lowest BCUT2D eigenvalue weighted by Crippen LogP contribution is -2.24. The Labute approximate surface area is 118 Å². The normalized spacial score (nSPS) is 10.2. The van der Waals surface area contributed by atoms with Crippen LogP contribution < -0.4 is 10.1 Å². The van der Waals surface area contributed by atoms with Crippen LogP contribution in [0.1, 0.15) is 36.0 Å². The van der Waals surface area contributed by atoms with Crippen molar-refractivity contribution in [2.45, 2.75) is 25.7 Å². The van der Waals surface area contributed by atoms with Crippen molar-refractivity contribution in [3.63, 3.8) is 0 Å². The van der Waals surface area contributed by atoms with Crippen LogP contribution in [-0.4, -0.2) is 30.5 Å². The summed E-state index contributed by atoms with van der Waals surface area (Å²) in [4.78, 5) is 11.8. The number of amides is 1. The number of phenolic OH excluding ortho intramolecular Hbond substituents is 1. The number of carbonyl (C=O) groups is 1. The molecule has 1 aromatic rings. The number of methoxy groups -OCH3 is 1. The number of carbonyl (C=O) groups excluding carboxylic acids is 1. The fourth-order valence-electron chi connectivity index (χ4n) is 1.71. The maximum atomic E-state index is 11.8. The molecule has 0 bridgehead atoms. The molecule has 0 fully saturated rings. The second-order valence-corrected chi connectivity index (χ2v) is 4.62. The third-order valence-corrected chi connectivity index (χ3v) is 3.05. The van der Waals surface area contributed by atoms with E-state index in [2.05, 4.69) is 5.32 Å². The molecule has 0 aliphatic carbocycles. The zero-order valence-corrected chi connectivity index (χ0v) is 11.9. The summed E-state index contributed by atoms with van der Waals surface area (Å²) in [6.07, 6.45) is 4.09. The Morgan fingerprint density at radius 1 is 1.32 bits per heavy atom. The van der Waals surface area contributed by atoms with Crippen molar-refractivity contribution in [2.24, 2.45) is 0 Å². The smallest absolute Gasteiger partial charge is 0.251 e. The van der Waals surface area contributed by atoms with Gasteiger partial charge in [-0.1, -0.05) is 12.8 Å². The van der Waals surface area contributed by atoms with Gasteiger partial charge >= 0.3 is 0 Å². The first kappa shape index (κ1) is 15.6. The molecule has 0 saturated carbocycles.